The third kappa shape index (κ3) is 2.29. The Morgan fingerprint density at radius 1 is 0.920 bits per heavy atom. The van der Waals surface area contributed by atoms with Gasteiger partial charge in [-0.3, -0.25) is 4.79 Å². The van der Waals surface area contributed by atoms with E-state index < -0.39 is 0 Å². The van der Waals surface area contributed by atoms with Crippen LogP contribution in [0, 0.1) is 0 Å². The van der Waals surface area contributed by atoms with Gasteiger partial charge in [0.2, 0.25) is 0 Å². The van der Waals surface area contributed by atoms with Crippen LogP contribution in [0.5, 0.6) is 0 Å². The number of rotatable bonds is 2. The van der Waals surface area contributed by atoms with Crippen LogP contribution in [0.2, 0.25) is 0 Å². The summed E-state index contributed by atoms with van der Waals surface area (Å²) in [6.45, 7) is 0.762. The summed E-state index contributed by atoms with van der Waals surface area (Å²) < 4.78 is 2.15. The molecule has 2 aromatic heterocycles. The van der Waals surface area contributed by atoms with Crippen molar-refractivity contribution in [3.05, 3.63) is 83.4 Å². The number of anilines is 1. The molecule has 0 spiro atoms. The first-order chi connectivity index (χ1) is 12.3. The molecular weight excluding hydrogens is 328 g/mol. The second-order valence-corrected chi connectivity index (χ2v) is 7.28. The van der Waals surface area contributed by atoms with Crippen LogP contribution in [0.1, 0.15) is 15.2 Å². The van der Waals surface area contributed by atoms with Crippen molar-refractivity contribution in [2.45, 2.75) is 6.42 Å². The first kappa shape index (κ1) is 14.5. The van der Waals surface area contributed by atoms with Gasteiger partial charge in [0.1, 0.15) is 5.00 Å². The van der Waals surface area contributed by atoms with Gasteiger partial charge < -0.3 is 9.47 Å². The van der Waals surface area contributed by atoms with E-state index in [0.717, 1.165) is 34.0 Å². The van der Waals surface area contributed by atoms with Crippen molar-refractivity contribution in [3.8, 4) is 5.00 Å². The fraction of sp³-hybridized carbons (Fsp3) is 0.0952. The molecule has 25 heavy (non-hydrogen) atoms. The number of carbonyl (C=O) groups excluding carboxylic acids is 1. The minimum Gasteiger partial charge on any atom is -0.308 e. The van der Waals surface area contributed by atoms with Crippen molar-refractivity contribution in [2.75, 3.05) is 11.4 Å². The first-order valence-corrected chi connectivity index (χ1v) is 9.19. The predicted octanol–water partition coefficient (Wildman–Crippen LogP) is 4.89. The number of para-hydroxylation sites is 2. The molecule has 3 nitrogen and oxygen atoms in total. The van der Waals surface area contributed by atoms with Gasteiger partial charge >= 0.3 is 0 Å². The van der Waals surface area contributed by atoms with Crippen molar-refractivity contribution in [1.29, 1.82) is 0 Å². The minimum absolute atomic E-state index is 0.0951. The third-order valence-electron chi connectivity index (χ3n) is 4.77. The number of fused-ring (bicyclic) bond motifs is 2. The zero-order chi connectivity index (χ0) is 16.8. The quantitative estimate of drug-likeness (QED) is 0.508. The van der Waals surface area contributed by atoms with Crippen LogP contribution in [-0.4, -0.2) is 17.0 Å². The van der Waals surface area contributed by atoms with Gasteiger partial charge in [-0.2, -0.15) is 0 Å². The molecule has 0 saturated carbocycles. The topological polar surface area (TPSA) is 25.2 Å². The highest BCUT2D eigenvalue weighted by molar-refractivity contribution is 7.16. The van der Waals surface area contributed by atoms with Crippen molar-refractivity contribution in [3.63, 3.8) is 0 Å². The Bertz CT molecular complexity index is 1090. The maximum Gasteiger partial charge on any atom is 0.268 e. The maximum absolute atomic E-state index is 13.0. The Kier molecular flexibility index (Phi) is 3.25. The molecule has 1 amide bonds. The van der Waals surface area contributed by atoms with E-state index >= 15 is 0 Å². The van der Waals surface area contributed by atoms with E-state index in [9.17, 15) is 4.79 Å². The van der Waals surface area contributed by atoms with Crippen LogP contribution in [0.25, 0.3) is 15.9 Å². The van der Waals surface area contributed by atoms with Gasteiger partial charge in [0.15, 0.2) is 0 Å². The smallest absolute Gasteiger partial charge is 0.268 e. The first-order valence-electron chi connectivity index (χ1n) is 8.37. The second-order valence-electron chi connectivity index (χ2n) is 6.22. The van der Waals surface area contributed by atoms with Gasteiger partial charge in [0.25, 0.3) is 5.91 Å². The monoisotopic (exact) mass is 344 g/mol. The van der Waals surface area contributed by atoms with E-state index in [-0.39, 0.29) is 5.91 Å². The number of benzene rings is 2. The molecule has 4 heteroatoms. The highest BCUT2D eigenvalue weighted by Crippen LogP contribution is 2.32. The third-order valence-corrected chi connectivity index (χ3v) is 5.84. The number of aromatic nitrogens is 1. The molecule has 0 unspecified atom stereocenters. The standard InChI is InChI=1S/C21H16N2OS/c24-21(23-14-12-16-6-2-4-8-18(16)23)19-9-10-20(25-19)22-13-11-15-5-1-3-7-17(15)22/h1-11,13H,12,14H2. The molecule has 0 bridgehead atoms. The molecular formula is C21H16N2OS. The summed E-state index contributed by atoms with van der Waals surface area (Å²) in [7, 11) is 0. The molecule has 0 saturated heterocycles. The summed E-state index contributed by atoms with van der Waals surface area (Å²) in [5.41, 5.74) is 3.47. The number of hydrogen-bond donors (Lipinski definition) is 0. The van der Waals surface area contributed by atoms with Gasteiger partial charge in [0.05, 0.1) is 10.4 Å². The Hall–Kier alpha value is -2.85. The zero-order valence-corrected chi connectivity index (χ0v) is 14.4. The molecule has 4 aromatic rings. The van der Waals surface area contributed by atoms with Crippen LogP contribution in [0.15, 0.2) is 72.9 Å². The molecule has 0 atom stereocenters. The van der Waals surface area contributed by atoms with E-state index in [1.54, 1.807) is 11.3 Å². The lowest BCUT2D eigenvalue weighted by atomic mass is 10.2. The largest absolute Gasteiger partial charge is 0.308 e. The summed E-state index contributed by atoms with van der Waals surface area (Å²) in [6.07, 6.45) is 3.00. The van der Waals surface area contributed by atoms with Crippen LogP contribution in [-0.2, 0) is 6.42 Å². The lowest BCUT2D eigenvalue weighted by molar-refractivity contribution is 0.0993. The molecule has 0 radical (unpaired) electrons. The van der Waals surface area contributed by atoms with E-state index in [1.165, 1.54) is 10.9 Å². The SMILES string of the molecule is O=C(c1ccc(-n2ccc3ccccc32)s1)N1CCc2ccccc21. The highest BCUT2D eigenvalue weighted by Gasteiger charge is 2.26. The van der Waals surface area contributed by atoms with E-state index in [2.05, 4.69) is 35.0 Å². The van der Waals surface area contributed by atoms with Crippen molar-refractivity contribution in [1.82, 2.24) is 4.57 Å². The van der Waals surface area contributed by atoms with Crippen LogP contribution < -0.4 is 4.90 Å². The summed E-state index contributed by atoms with van der Waals surface area (Å²) in [5.74, 6) is 0.0951. The van der Waals surface area contributed by atoms with Crippen LogP contribution in [0.4, 0.5) is 5.69 Å². The number of amides is 1. The lowest BCUT2D eigenvalue weighted by Gasteiger charge is -2.16. The van der Waals surface area contributed by atoms with Gasteiger partial charge in [-0.05, 0) is 47.7 Å². The zero-order valence-electron chi connectivity index (χ0n) is 13.6. The molecule has 0 N–H and O–H groups in total. The maximum atomic E-state index is 13.0. The number of hydrogen-bond acceptors (Lipinski definition) is 2. The van der Waals surface area contributed by atoms with Gasteiger partial charge in [-0.1, -0.05) is 36.4 Å². The average molecular weight is 344 g/mol. The Labute approximate surface area is 149 Å². The number of thiophene rings is 1. The highest BCUT2D eigenvalue weighted by atomic mass is 32.1. The fourth-order valence-electron chi connectivity index (χ4n) is 3.53. The fourth-order valence-corrected chi connectivity index (χ4v) is 4.48. The Balaban J connectivity index is 1.50. The minimum atomic E-state index is 0.0951. The normalized spacial score (nSPS) is 13.4. The summed E-state index contributed by atoms with van der Waals surface area (Å²) in [6, 6.07) is 22.5. The van der Waals surface area contributed by atoms with Crippen molar-refractivity contribution < 1.29 is 4.79 Å². The van der Waals surface area contributed by atoms with Gasteiger partial charge in [-0.15, -0.1) is 11.3 Å². The molecule has 1 aliphatic rings. The number of nitrogens with zero attached hydrogens (tertiary/aromatic N) is 2. The van der Waals surface area contributed by atoms with E-state index in [4.69, 9.17) is 0 Å². The van der Waals surface area contributed by atoms with Gasteiger partial charge in [-0.25, -0.2) is 0 Å². The predicted molar refractivity (Wildman–Crippen MR) is 103 cm³/mol. The molecule has 5 rings (SSSR count). The number of carbonyl (C=O) groups is 1. The summed E-state index contributed by atoms with van der Waals surface area (Å²) in [5, 5.41) is 2.27. The molecule has 122 valence electrons. The summed E-state index contributed by atoms with van der Waals surface area (Å²) >= 11 is 1.55. The molecule has 2 aromatic carbocycles. The molecule has 1 aliphatic heterocycles. The Morgan fingerprint density at radius 3 is 2.72 bits per heavy atom. The molecule has 3 heterocycles. The van der Waals surface area contributed by atoms with Gasteiger partial charge in [0, 0.05) is 18.4 Å². The van der Waals surface area contributed by atoms with Crippen molar-refractivity contribution in [2.24, 2.45) is 0 Å². The van der Waals surface area contributed by atoms with Crippen LogP contribution >= 0.6 is 11.3 Å². The van der Waals surface area contributed by atoms with Crippen LogP contribution in [0.3, 0.4) is 0 Å². The summed E-state index contributed by atoms with van der Waals surface area (Å²) in [4.78, 5) is 15.7. The molecule has 0 aliphatic carbocycles. The van der Waals surface area contributed by atoms with Crippen molar-refractivity contribution >= 4 is 33.8 Å². The van der Waals surface area contributed by atoms with E-state index in [0.29, 0.717) is 0 Å². The van der Waals surface area contributed by atoms with E-state index in [1.807, 2.05) is 47.4 Å². The second kappa shape index (κ2) is 5.60. The average Bonchev–Trinajstić information content (AvgIpc) is 3.38. The lowest BCUT2D eigenvalue weighted by Crippen LogP contribution is -2.28. The Morgan fingerprint density at radius 2 is 1.76 bits per heavy atom. The molecule has 0 fully saturated rings.